The van der Waals surface area contributed by atoms with Gasteiger partial charge in [-0.1, -0.05) is 6.07 Å². The van der Waals surface area contributed by atoms with E-state index in [4.69, 9.17) is 23.2 Å². The fraction of sp³-hybridized carbons (Fsp3) is 0.111. The Bertz CT molecular complexity index is 294. The van der Waals surface area contributed by atoms with E-state index in [2.05, 4.69) is 0 Å². The molecule has 0 unspecified atom stereocenters. The summed E-state index contributed by atoms with van der Waals surface area (Å²) in [6, 6.07) is 6.89. The third-order valence-electron chi connectivity index (χ3n) is 1.49. The standard InChI is InChI=1S/C9H7Cl2O/c1-6(12)7-3-2-4-8(5-7)9(10)11/h2-5H,1H3/q-1. The Morgan fingerprint density at radius 1 is 1.42 bits per heavy atom. The highest BCUT2D eigenvalue weighted by molar-refractivity contribution is 6.54. The van der Waals surface area contributed by atoms with Gasteiger partial charge in [0.05, 0.1) is 0 Å². The summed E-state index contributed by atoms with van der Waals surface area (Å²) < 4.78 is 0. The minimum atomic E-state index is 0.00596. The molecule has 1 aromatic rings. The molecule has 0 bridgehead atoms. The molecule has 0 radical (unpaired) electrons. The van der Waals surface area contributed by atoms with Gasteiger partial charge in [0, 0.05) is 4.84 Å². The Balaban J connectivity index is 3.04. The number of ketones is 1. The lowest BCUT2D eigenvalue weighted by molar-refractivity contribution is 0.101. The maximum absolute atomic E-state index is 10.9. The second-order valence-electron chi connectivity index (χ2n) is 2.40. The van der Waals surface area contributed by atoms with Gasteiger partial charge >= 0.3 is 0 Å². The molecule has 64 valence electrons. The molecule has 1 rings (SSSR count). The number of hydrogen-bond acceptors (Lipinski definition) is 1. The molecule has 0 saturated carbocycles. The summed E-state index contributed by atoms with van der Waals surface area (Å²) in [5.41, 5.74) is 1.29. The summed E-state index contributed by atoms with van der Waals surface area (Å²) in [7, 11) is 0. The molecule has 12 heavy (non-hydrogen) atoms. The highest BCUT2D eigenvalue weighted by atomic mass is 35.5. The number of Topliss-reactive ketones (excluding diaryl/α,β-unsaturated/α-hetero) is 1. The summed E-state index contributed by atoms with van der Waals surface area (Å²) in [5.74, 6) is 0.00596. The average Bonchev–Trinajstić information content (AvgIpc) is 2.04. The van der Waals surface area contributed by atoms with Crippen LogP contribution in [0.5, 0.6) is 0 Å². The summed E-state index contributed by atoms with van der Waals surface area (Å²) >= 11 is 11.1. The molecule has 0 spiro atoms. The van der Waals surface area contributed by atoms with E-state index in [1.807, 2.05) is 0 Å². The van der Waals surface area contributed by atoms with E-state index in [0.717, 1.165) is 0 Å². The fourth-order valence-electron chi connectivity index (χ4n) is 0.856. The third kappa shape index (κ3) is 2.16. The minimum Gasteiger partial charge on any atom is -0.296 e. The van der Waals surface area contributed by atoms with Gasteiger partial charge in [0.25, 0.3) is 0 Å². The van der Waals surface area contributed by atoms with Gasteiger partial charge < -0.3 is 0 Å². The first-order valence-electron chi connectivity index (χ1n) is 3.40. The molecule has 0 aromatic heterocycles. The highest BCUT2D eigenvalue weighted by Gasteiger charge is 1.97. The average molecular weight is 202 g/mol. The molecule has 0 aliphatic heterocycles. The van der Waals surface area contributed by atoms with Crippen LogP contribution in [0, 0.1) is 4.84 Å². The molecule has 1 nitrogen and oxygen atoms in total. The van der Waals surface area contributed by atoms with Crippen molar-refractivity contribution < 1.29 is 4.79 Å². The van der Waals surface area contributed by atoms with Crippen molar-refractivity contribution in [1.82, 2.24) is 0 Å². The van der Waals surface area contributed by atoms with E-state index in [1.165, 1.54) is 6.92 Å². The molecule has 0 amide bonds. The van der Waals surface area contributed by atoms with Gasteiger partial charge in [-0.25, -0.2) is 0 Å². The Hall–Kier alpha value is -0.660. The van der Waals surface area contributed by atoms with Crippen molar-refractivity contribution >= 4 is 29.0 Å². The van der Waals surface area contributed by atoms with Crippen LogP contribution < -0.4 is 0 Å². The molecular weight excluding hydrogens is 195 g/mol. The fourth-order valence-corrected chi connectivity index (χ4v) is 1.09. The van der Waals surface area contributed by atoms with E-state index in [0.29, 0.717) is 11.1 Å². The predicted octanol–water partition coefficient (Wildman–Crippen LogP) is 3.20. The Labute approximate surface area is 81.3 Å². The van der Waals surface area contributed by atoms with Crippen molar-refractivity contribution in [3.05, 3.63) is 40.2 Å². The van der Waals surface area contributed by atoms with Crippen LogP contribution in [0.2, 0.25) is 0 Å². The molecule has 0 saturated heterocycles. The number of hydrogen-bond donors (Lipinski definition) is 0. The summed E-state index contributed by atoms with van der Waals surface area (Å²) in [6.45, 7) is 1.50. The third-order valence-corrected chi connectivity index (χ3v) is 1.92. The van der Waals surface area contributed by atoms with Crippen molar-refractivity contribution in [3.8, 4) is 0 Å². The van der Waals surface area contributed by atoms with E-state index in [1.54, 1.807) is 24.3 Å². The quantitative estimate of drug-likeness (QED) is 0.531. The molecule has 0 aliphatic rings. The lowest BCUT2D eigenvalue weighted by Crippen LogP contribution is -1.93. The van der Waals surface area contributed by atoms with Crippen LogP contribution in [-0.2, 0) is 0 Å². The Kier molecular flexibility index (Phi) is 3.01. The Morgan fingerprint density at radius 3 is 2.58 bits per heavy atom. The lowest BCUT2D eigenvalue weighted by Gasteiger charge is -2.11. The van der Waals surface area contributed by atoms with Crippen molar-refractivity contribution in [1.29, 1.82) is 0 Å². The van der Waals surface area contributed by atoms with Crippen LogP contribution in [0.15, 0.2) is 24.3 Å². The first-order chi connectivity index (χ1) is 5.61. The molecule has 0 atom stereocenters. The largest absolute Gasteiger partial charge is 0.296 e. The van der Waals surface area contributed by atoms with Crippen LogP contribution in [0.1, 0.15) is 22.8 Å². The molecule has 3 heteroatoms. The number of carbonyl (C=O) groups is 1. The van der Waals surface area contributed by atoms with Gasteiger partial charge in [-0.05, 0) is 12.5 Å². The van der Waals surface area contributed by atoms with Crippen molar-refractivity contribution in [2.75, 3.05) is 0 Å². The van der Waals surface area contributed by atoms with E-state index >= 15 is 0 Å². The van der Waals surface area contributed by atoms with Gasteiger partial charge in [0.1, 0.15) is 5.78 Å². The van der Waals surface area contributed by atoms with Crippen LogP contribution >= 0.6 is 23.2 Å². The van der Waals surface area contributed by atoms with Crippen LogP contribution in [-0.4, -0.2) is 5.78 Å². The molecule has 0 aliphatic carbocycles. The van der Waals surface area contributed by atoms with Gasteiger partial charge in [0.15, 0.2) is 0 Å². The van der Waals surface area contributed by atoms with Crippen LogP contribution in [0.4, 0.5) is 0 Å². The van der Waals surface area contributed by atoms with Gasteiger partial charge in [-0.2, -0.15) is 34.8 Å². The van der Waals surface area contributed by atoms with Crippen molar-refractivity contribution in [2.24, 2.45) is 0 Å². The number of rotatable bonds is 2. The van der Waals surface area contributed by atoms with Gasteiger partial charge in [0.2, 0.25) is 0 Å². The highest BCUT2D eigenvalue weighted by Crippen LogP contribution is 2.23. The molecule has 0 N–H and O–H groups in total. The number of carbonyl (C=O) groups excluding carboxylic acids is 1. The summed E-state index contributed by atoms with van der Waals surface area (Å²) in [6.07, 6.45) is 0. The second-order valence-corrected chi connectivity index (χ2v) is 3.35. The zero-order chi connectivity index (χ0) is 9.14. The summed E-state index contributed by atoms with van der Waals surface area (Å²) in [4.78, 5) is 11.1. The topological polar surface area (TPSA) is 17.1 Å². The zero-order valence-electron chi connectivity index (χ0n) is 6.47. The maximum Gasteiger partial charge on any atom is 0.147 e. The van der Waals surface area contributed by atoms with Gasteiger partial charge in [-0.3, -0.25) is 4.79 Å². The van der Waals surface area contributed by atoms with Crippen LogP contribution in [0.25, 0.3) is 0 Å². The first-order valence-corrected chi connectivity index (χ1v) is 4.16. The van der Waals surface area contributed by atoms with Gasteiger partial charge in [-0.15, -0.1) is 12.1 Å². The molecular formula is C9H7Cl2O-. The summed E-state index contributed by atoms with van der Waals surface area (Å²) in [5, 5.41) is 0. The SMILES string of the molecule is CC(=O)c1cccc([C-](Cl)Cl)c1. The normalized spacial score (nSPS) is 9.58. The van der Waals surface area contributed by atoms with Crippen LogP contribution in [0.3, 0.4) is 0 Å². The minimum absolute atomic E-state index is 0.00596. The second kappa shape index (κ2) is 3.83. The molecule has 0 fully saturated rings. The van der Waals surface area contributed by atoms with E-state index < -0.39 is 0 Å². The predicted molar refractivity (Wildman–Crippen MR) is 50.5 cm³/mol. The van der Waals surface area contributed by atoms with Crippen molar-refractivity contribution in [3.63, 3.8) is 0 Å². The monoisotopic (exact) mass is 201 g/mol. The lowest BCUT2D eigenvalue weighted by atomic mass is 10.1. The Morgan fingerprint density at radius 2 is 2.08 bits per heavy atom. The van der Waals surface area contributed by atoms with E-state index in [9.17, 15) is 4.79 Å². The maximum atomic E-state index is 10.9. The number of halogens is 2. The zero-order valence-corrected chi connectivity index (χ0v) is 7.99. The molecule has 1 aromatic carbocycles. The van der Waals surface area contributed by atoms with Crippen molar-refractivity contribution in [2.45, 2.75) is 6.92 Å². The van der Waals surface area contributed by atoms with E-state index in [-0.39, 0.29) is 10.6 Å². The molecule has 0 heterocycles. The number of benzene rings is 1. The first kappa shape index (κ1) is 9.43. The smallest absolute Gasteiger partial charge is 0.147 e.